The van der Waals surface area contributed by atoms with Gasteiger partial charge >= 0.3 is 11.9 Å². The largest absolute Gasteiger partial charge is 0.462 e. The van der Waals surface area contributed by atoms with Gasteiger partial charge in [0.1, 0.15) is 9.81 Å². The van der Waals surface area contributed by atoms with E-state index in [1.54, 1.807) is 24.8 Å². The zero-order valence-electron chi connectivity index (χ0n) is 20.6. The summed E-state index contributed by atoms with van der Waals surface area (Å²) in [5.74, 6) is -1.36. The number of hydrogen-bond donors (Lipinski definition) is 0. The molecule has 0 fully saturated rings. The first-order valence-corrected chi connectivity index (χ1v) is 14.4. The van der Waals surface area contributed by atoms with Crippen LogP contribution in [0.2, 0.25) is 0 Å². The maximum atomic E-state index is 13.9. The fourth-order valence-electron chi connectivity index (χ4n) is 4.09. The van der Waals surface area contributed by atoms with Crippen LogP contribution in [0.3, 0.4) is 0 Å². The molecule has 37 heavy (non-hydrogen) atoms. The van der Waals surface area contributed by atoms with Crippen LogP contribution < -0.4 is 4.90 Å². The number of nitrogens with zero attached hydrogens (tertiary/aromatic N) is 1. The monoisotopic (exact) mass is 617 g/mol. The van der Waals surface area contributed by atoms with Crippen LogP contribution in [0.1, 0.15) is 43.6 Å². The van der Waals surface area contributed by atoms with Gasteiger partial charge in [0.05, 0.1) is 39.1 Å². The van der Waals surface area contributed by atoms with E-state index >= 15 is 0 Å². The van der Waals surface area contributed by atoms with Crippen molar-refractivity contribution in [3.63, 3.8) is 0 Å². The third-order valence-corrected chi connectivity index (χ3v) is 9.74. The quantitative estimate of drug-likeness (QED) is 0.207. The summed E-state index contributed by atoms with van der Waals surface area (Å²) in [5.41, 5.74) is 1.77. The van der Waals surface area contributed by atoms with Crippen molar-refractivity contribution in [1.82, 2.24) is 0 Å². The molecule has 0 radical (unpaired) electrons. The van der Waals surface area contributed by atoms with Crippen molar-refractivity contribution in [2.24, 2.45) is 0 Å². The summed E-state index contributed by atoms with van der Waals surface area (Å²) in [6.07, 6.45) is 0. The molecule has 10 heteroatoms. The molecule has 0 saturated heterocycles. The predicted octanol–water partition coefficient (Wildman–Crippen LogP) is 6.74. The topological polar surface area (TPSA) is 72.9 Å². The number of rotatable bonds is 5. The number of thiocarbonyl (C=S) groups is 1. The Morgan fingerprint density at radius 1 is 0.919 bits per heavy atom. The van der Waals surface area contributed by atoms with Crippen LogP contribution in [0.25, 0.3) is 5.57 Å². The van der Waals surface area contributed by atoms with Crippen molar-refractivity contribution >= 4 is 85.6 Å². The van der Waals surface area contributed by atoms with Crippen LogP contribution in [-0.4, -0.2) is 41.5 Å². The Bertz CT molecular complexity index is 1350. The molecular formula is C27H24BrNO5S3. The zero-order chi connectivity index (χ0) is 26.9. The number of fused-ring (bicyclic) bond motifs is 1. The van der Waals surface area contributed by atoms with Gasteiger partial charge in [-0.3, -0.25) is 9.69 Å². The van der Waals surface area contributed by atoms with Gasteiger partial charge in [-0.2, -0.15) is 0 Å². The average Bonchev–Trinajstić information content (AvgIpc) is 3.30. The Morgan fingerprint density at radius 3 is 2.03 bits per heavy atom. The molecular weight excluding hydrogens is 594 g/mol. The van der Waals surface area contributed by atoms with Crippen LogP contribution in [-0.2, 0) is 19.1 Å². The number of thioether (sulfide) groups is 2. The minimum atomic E-state index is -0.893. The lowest BCUT2D eigenvalue weighted by atomic mass is 9.83. The summed E-state index contributed by atoms with van der Waals surface area (Å²) < 4.78 is 11.8. The van der Waals surface area contributed by atoms with E-state index in [0.717, 1.165) is 29.1 Å². The number of esters is 2. The van der Waals surface area contributed by atoms with Crippen LogP contribution in [0.4, 0.5) is 5.69 Å². The van der Waals surface area contributed by atoms with Gasteiger partial charge in [-0.15, -0.1) is 0 Å². The standard InChI is InChI=1S/C27H24BrNO5S3/c1-5-33-24(31)20-21(25(32)34-6-2)37-26(36-20)19-16-12-8-10-14-18(16)29(27(3,4)22(19)35)23(30)15-11-7-9-13-17(15)28/h7-14H,5-6H2,1-4H3. The second-order valence-corrected chi connectivity index (χ2v) is 12.1. The smallest absolute Gasteiger partial charge is 0.346 e. The highest BCUT2D eigenvalue weighted by molar-refractivity contribution is 9.10. The summed E-state index contributed by atoms with van der Waals surface area (Å²) in [4.78, 5) is 42.0. The Morgan fingerprint density at radius 2 is 1.46 bits per heavy atom. The minimum absolute atomic E-state index is 0.177. The second kappa shape index (κ2) is 11.1. The number of anilines is 1. The SMILES string of the molecule is CCOC(=O)C1=C(C(=O)OCC)SC(=C2C(=S)C(C)(C)N(C(=O)c3ccccc3Br)c3ccccc32)S1. The van der Waals surface area contributed by atoms with E-state index in [0.29, 0.717) is 30.4 Å². The normalized spacial score (nSPS) is 16.6. The molecule has 4 rings (SSSR count). The van der Waals surface area contributed by atoms with Crippen LogP contribution in [0.15, 0.2) is 67.1 Å². The molecule has 0 bridgehead atoms. The summed E-state index contributed by atoms with van der Waals surface area (Å²) in [7, 11) is 0. The van der Waals surface area contributed by atoms with E-state index in [-0.39, 0.29) is 28.9 Å². The fraction of sp³-hybridized carbons (Fsp3) is 0.259. The van der Waals surface area contributed by atoms with E-state index < -0.39 is 17.5 Å². The zero-order valence-corrected chi connectivity index (χ0v) is 24.7. The number of para-hydroxylation sites is 1. The molecule has 0 N–H and O–H groups in total. The van der Waals surface area contributed by atoms with Gasteiger partial charge < -0.3 is 9.47 Å². The molecule has 2 aliphatic rings. The Kier molecular flexibility index (Phi) is 8.32. The van der Waals surface area contributed by atoms with Gasteiger partial charge in [-0.05, 0) is 61.8 Å². The van der Waals surface area contributed by atoms with Crippen molar-refractivity contribution in [1.29, 1.82) is 0 Å². The molecule has 6 nitrogen and oxygen atoms in total. The lowest BCUT2D eigenvalue weighted by Gasteiger charge is -2.45. The minimum Gasteiger partial charge on any atom is -0.462 e. The number of carbonyl (C=O) groups excluding carboxylic acids is 3. The number of benzene rings is 2. The van der Waals surface area contributed by atoms with E-state index in [9.17, 15) is 14.4 Å². The molecule has 2 aliphatic heterocycles. The molecule has 0 aliphatic carbocycles. The predicted molar refractivity (Wildman–Crippen MR) is 156 cm³/mol. The first-order valence-electron chi connectivity index (χ1n) is 11.5. The van der Waals surface area contributed by atoms with Crippen LogP contribution in [0, 0.1) is 0 Å². The van der Waals surface area contributed by atoms with Crippen molar-refractivity contribution in [2.75, 3.05) is 18.1 Å². The molecule has 1 amide bonds. The Labute approximate surface area is 238 Å². The van der Waals surface area contributed by atoms with Gasteiger partial charge in [0.25, 0.3) is 5.91 Å². The first kappa shape index (κ1) is 27.6. The lowest BCUT2D eigenvalue weighted by molar-refractivity contribution is -0.140. The van der Waals surface area contributed by atoms with E-state index in [4.69, 9.17) is 21.7 Å². The summed E-state index contributed by atoms with van der Waals surface area (Å²) in [5, 5.41) is 0. The summed E-state index contributed by atoms with van der Waals surface area (Å²) in [6.45, 7) is 7.57. The van der Waals surface area contributed by atoms with Gasteiger partial charge in [-0.1, -0.05) is 66.1 Å². The van der Waals surface area contributed by atoms with Gasteiger partial charge in [0.15, 0.2) is 0 Å². The maximum absolute atomic E-state index is 13.9. The number of hydrogen-bond acceptors (Lipinski definition) is 8. The van der Waals surface area contributed by atoms with Gasteiger partial charge in [-0.25, -0.2) is 9.59 Å². The molecule has 0 spiro atoms. The molecule has 192 valence electrons. The molecule has 0 aromatic heterocycles. The molecule has 2 heterocycles. The van der Waals surface area contributed by atoms with Crippen molar-refractivity contribution in [3.05, 3.63) is 78.2 Å². The maximum Gasteiger partial charge on any atom is 0.346 e. The van der Waals surface area contributed by atoms with E-state index in [1.807, 2.05) is 56.3 Å². The molecule has 2 aromatic rings. The third kappa shape index (κ3) is 5.04. The highest BCUT2D eigenvalue weighted by Gasteiger charge is 2.46. The highest BCUT2D eigenvalue weighted by atomic mass is 79.9. The van der Waals surface area contributed by atoms with Crippen LogP contribution >= 0.6 is 51.7 Å². The first-order chi connectivity index (χ1) is 17.6. The number of halogens is 1. The molecule has 2 aromatic carbocycles. The van der Waals surface area contributed by atoms with Crippen LogP contribution in [0.5, 0.6) is 0 Å². The van der Waals surface area contributed by atoms with Crippen molar-refractivity contribution < 1.29 is 23.9 Å². The van der Waals surface area contributed by atoms with E-state index in [1.165, 1.54) is 0 Å². The highest BCUT2D eigenvalue weighted by Crippen LogP contribution is 2.56. The summed E-state index contributed by atoms with van der Waals surface area (Å²) in [6, 6.07) is 14.8. The van der Waals surface area contributed by atoms with Gasteiger partial charge in [0, 0.05) is 15.6 Å². The fourth-order valence-corrected chi connectivity index (χ4v) is 7.53. The molecule has 0 atom stereocenters. The third-order valence-electron chi connectivity index (χ3n) is 5.78. The summed E-state index contributed by atoms with van der Waals surface area (Å²) >= 11 is 11.8. The van der Waals surface area contributed by atoms with Gasteiger partial charge in [0.2, 0.25) is 0 Å². The number of ether oxygens (including phenoxy) is 2. The number of amides is 1. The van der Waals surface area contributed by atoms with E-state index in [2.05, 4.69) is 15.9 Å². The average molecular weight is 619 g/mol. The molecule has 0 unspecified atom stereocenters. The Balaban J connectivity index is 1.87. The second-order valence-electron chi connectivity index (χ2n) is 8.49. The van der Waals surface area contributed by atoms with Crippen molar-refractivity contribution in [2.45, 2.75) is 33.2 Å². The molecule has 0 saturated carbocycles. The Hall–Kier alpha value is -2.40. The number of carbonyl (C=O) groups is 3. The van der Waals surface area contributed by atoms with Crippen molar-refractivity contribution in [3.8, 4) is 0 Å². The lowest BCUT2D eigenvalue weighted by Crippen LogP contribution is -2.56.